The average Bonchev–Trinajstić information content (AvgIpc) is 2.91. The van der Waals surface area contributed by atoms with Gasteiger partial charge in [0.1, 0.15) is 6.54 Å². The number of aryl methyl sites for hydroxylation is 1. The lowest BCUT2D eigenvalue weighted by Gasteiger charge is -2.22. The van der Waals surface area contributed by atoms with E-state index < -0.39 is 0 Å². The highest BCUT2D eigenvalue weighted by Crippen LogP contribution is 2.33. The lowest BCUT2D eigenvalue weighted by atomic mass is 10.1. The third kappa shape index (κ3) is 4.67. The van der Waals surface area contributed by atoms with Crippen molar-refractivity contribution >= 4 is 46.2 Å². The predicted molar refractivity (Wildman–Crippen MR) is 126 cm³/mol. The van der Waals surface area contributed by atoms with E-state index in [9.17, 15) is 9.59 Å². The van der Waals surface area contributed by atoms with E-state index in [0.717, 1.165) is 23.2 Å². The van der Waals surface area contributed by atoms with E-state index >= 15 is 0 Å². The van der Waals surface area contributed by atoms with Gasteiger partial charge in [-0.25, -0.2) is 0 Å². The van der Waals surface area contributed by atoms with Crippen molar-refractivity contribution < 1.29 is 9.59 Å². The van der Waals surface area contributed by atoms with Crippen molar-refractivity contribution in [1.29, 1.82) is 0 Å². The van der Waals surface area contributed by atoms with E-state index in [4.69, 9.17) is 16.6 Å². The summed E-state index contributed by atoms with van der Waals surface area (Å²) in [5.74, 6) is -0.434. The Balaban J connectivity index is 1.61. The SMILES string of the molecule is CCc1ccccc1NC(=O)CN1C(=O)CC(c2ccc(Cl)cc2)=Nc2ccccc21. The van der Waals surface area contributed by atoms with E-state index in [1.807, 2.05) is 67.6 Å². The van der Waals surface area contributed by atoms with Gasteiger partial charge in [-0.1, -0.05) is 61.0 Å². The van der Waals surface area contributed by atoms with Crippen molar-refractivity contribution in [3.05, 3.63) is 88.9 Å². The summed E-state index contributed by atoms with van der Waals surface area (Å²) in [6.07, 6.45) is 0.898. The maximum absolute atomic E-state index is 13.2. The molecular formula is C25H22ClN3O2. The molecule has 0 saturated heterocycles. The Morgan fingerprint density at radius 2 is 1.74 bits per heavy atom. The molecule has 0 spiro atoms. The van der Waals surface area contributed by atoms with Crippen LogP contribution in [-0.4, -0.2) is 24.1 Å². The molecule has 3 aromatic rings. The Bertz CT molecular complexity index is 1160. The molecule has 0 unspecified atom stereocenters. The fraction of sp³-hybridized carbons (Fsp3) is 0.160. The fourth-order valence-electron chi connectivity index (χ4n) is 3.61. The van der Waals surface area contributed by atoms with E-state index in [0.29, 0.717) is 22.1 Å². The lowest BCUT2D eigenvalue weighted by Crippen LogP contribution is -2.38. The minimum absolute atomic E-state index is 0.0860. The molecule has 0 radical (unpaired) electrons. The van der Waals surface area contributed by atoms with E-state index in [2.05, 4.69) is 5.32 Å². The van der Waals surface area contributed by atoms with Crippen LogP contribution in [0.25, 0.3) is 0 Å². The van der Waals surface area contributed by atoms with Crippen LogP contribution < -0.4 is 10.2 Å². The molecule has 1 aliphatic rings. The number of carbonyl (C=O) groups is 2. The maximum Gasteiger partial charge on any atom is 0.244 e. The zero-order valence-corrected chi connectivity index (χ0v) is 17.9. The number of rotatable bonds is 5. The van der Waals surface area contributed by atoms with Crippen molar-refractivity contribution in [1.82, 2.24) is 0 Å². The molecule has 0 bridgehead atoms. The van der Waals surface area contributed by atoms with Crippen LogP contribution in [0.2, 0.25) is 5.02 Å². The van der Waals surface area contributed by atoms with Gasteiger partial charge in [-0.3, -0.25) is 14.6 Å². The number of amides is 2. The maximum atomic E-state index is 13.2. The first kappa shape index (κ1) is 20.8. The van der Waals surface area contributed by atoms with Crippen molar-refractivity contribution in [2.45, 2.75) is 19.8 Å². The van der Waals surface area contributed by atoms with Gasteiger partial charge in [0.25, 0.3) is 0 Å². The van der Waals surface area contributed by atoms with E-state index in [1.54, 1.807) is 12.1 Å². The van der Waals surface area contributed by atoms with Gasteiger partial charge >= 0.3 is 0 Å². The van der Waals surface area contributed by atoms with Crippen molar-refractivity contribution in [2.24, 2.45) is 4.99 Å². The van der Waals surface area contributed by atoms with Crippen molar-refractivity contribution in [3.63, 3.8) is 0 Å². The summed E-state index contributed by atoms with van der Waals surface area (Å²) in [6.45, 7) is 1.95. The molecule has 1 N–H and O–H groups in total. The zero-order valence-electron chi connectivity index (χ0n) is 17.1. The summed E-state index contributed by atoms with van der Waals surface area (Å²) >= 11 is 6.00. The third-order valence-electron chi connectivity index (χ3n) is 5.20. The Morgan fingerprint density at radius 3 is 2.52 bits per heavy atom. The molecule has 0 fully saturated rings. The number of halogens is 1. The summed E-state index contributed by atoms with van der Waals surface area (Å²) in [5, 5.41) is 3.57. The van der Waals surface area contributed by atoms with Crippen LogP contribution in [0.1, 0.15) is 24.5 Å². The van der Waals surface area contributed by atoms with Gasteiger partial charge in [-0.15, -0.1) is 0 Å². The largest absolute Gasteiger partial charge is 0.324 e. The molecule has 0 aliphatic carbocycles. The molecule has 156 valence electrons. The molecule has 0 aromatic heterocycles. The minimum atomic E-state index is -0.251. The van der Waals surface area contributed by atoms with Gasteiger partial charge < -0.3 is 10.2 Å². The quantitative estimate of drug-likeness (QED) is 0.588. The average molecular weight is 432 g/mol. The van der Waals surface area contributed by atoms with Crippen LogP contribution in [0.3, 0.4) is 0 Å². The second-order valence-electron chi connectivity index (χ2n) is 7.27. The van der Waals surface area contributed by atoms with Crippen molar-refractivity contribution in [3.8, 4) is 0 Å². The second kappa shape index (κ2) is 9.14. The number of aliphatic imine (C=N–C) groups is 1. The number of carbonyl (C=O) groups excluding carboxylic acids is 2. The van der Waals surface area contributed by atoms with Gasteiger partial charge in [0.05, 0.1) is 23.5 Å². The van der Waals surface area contributed by atoms with E-state index in [-0.39, 0.29) is 24.8 Å². The Kier molecular flexibility index (Phi) is 6.14. The summed E-state index contributed by atoms with van der Waals surface area (Å²) in [5.41, 5.74) is 4.56. The van der Waals surface area contributed by atoms with Crippen LogP contribution in [0.4, 0.5) is 17.1 Å². The lowest BCUT2D eigenvalue weighted by molar-refractivity contribution is -0.120. The first-order valence-corrected chi connectivity index (χ1v) is 10.5. The van der Waals surface area contributed by atoms with Gasteiger partial charge in [-0.05, 0) is 47.9 Å². The molecule has 5 nitrogen and oxygen atoms in total. The molecular weight excluding hydrogens is 410 g/mol. The van der Waals surface area contributed by atoms with Gasteiger partial charge in [-0.2, -0.15) is 0 Å². The van der Waals surface area contributed by atoms with E-state index in [1.165, 1.54) is 4.90 Å². The highest BCUT2D eigenvalue weighted by Gasteiger charge is 2.26. The Hall–Kier alpha value is -3.44. The Labute approximate surface area is 186 Å². The molecule has 1 heterocycles. The number of nitrogens with zero attached hydrogens (tertiary/aromatic N) is 2. The summed E-state index contributed by atoms with van der Waals surface area (Å²) in [4.78, 5) is 32.3. The molecule has 4 rings (SSSR count). The van der Waals surface area contributed by atoms with Crippen LogP contribution in [0.15, 0.2) is 77.8 Å². The van der Waals surface area contributed by atoms with Gasteiger partial charge in [0.2, 0.25) is 11.8 Å². The second-order valence-corrected chi connectivity index (χ2v) is 7.71. The van der Waals surface area contributed by atoms with Crippen LogP contribution >= 0.6 is 11.6 Å². The number of para-hydroxylation sites is 3. The summed E-state index contributed by atoms with van der Waals surface area (Å²) in [6, 6.07) is 22.3. The topological polar surface area (TPSA) is 61.8 Å². The van der Waals surface area contributed by atoms with Gasteiger partial charge in [0, 0.05) is 10.7 Å². The molecule has 0 atom stereocenters. The summed E-state index contributed by atoms with van der Waals surface area (Å²) in [7, 11) is 0. The van der Waals surface area contributed by atoms with Gasteiger partial charge in [0.15, 0.2) is 0 Å². The zero-order chi connectivity index (χ0) is 21.8. The molecule has 2 amide bonds. The van der Waals surface area contributed by atoms with Crippen LogP contribution in [0.5, 0.6) is 0 Å². The normalized spacial score (nSPS) is 13.3. The smallest absolute Gasteiger partial charge is 0.244 e. The third-order valence-corrected chi connectivity index (χ3v) is 5.45. The highest BCUT2D eigenvalue weighted by molar-refractivity contribution is 6.30. The van der Waals surface area contributed by atoms with Crippen LogP contribution in [-0.2, 0) is 16.0 Å². The number of hydrogen-bond donors (Lipinski definition) is 1. The highest BCUT2D eigenvalue weighted by atomic mass is 35.5. The molecule has 31 heavy (non-hydrogen) atoms. The number of nitrogens with one attached hydrogen (secondary N) is 1. The summed E-state index contributed by atoms with van der Waals surface area (Å²) < 4.78 is 0. The molecule has 6 heteroatoms. The van der Waals surface area contributed by atoms with Crippen LogP contribution in [0, 0.1) is 0 Å². The fourth-order valence-corrected chi connectivity index (χ4v) is 3.74. The number of benzene rings is 3. The number of anilines is 2. The number of hydrogen-bond acceptors (Lipinski definition) is 3. The minimum Gasteiger partial charge on any atom is -0.324 e. The number of fused-ring (bicyclic) bond motifs is 1. The molecule has 1 aliphatic heterocycles. The first-order chi connectivity index (χ1) is 15.0. The monoisotopic (exact) mass is 431 g/mol. The first-order valence-electron chi connectivity index (χ1n) is 10.2. The molecule has 3 aromatic carbocycles. The van der Waals surface area contributed by atoms with Crippen molar-refractivity contribution in [2.75, 3.05) is 16.8 Å². The predicted octanol–water partition coefficient (Wildman–Crippen LogP) is 5.40. The standard InChI is InChI=1S/C25H22ClN3O2/c1-2-17-7-3-4-8-20(17)28-24(30)16-29-23-10-6-5-9-21(23)27-22(15-25(29)31)18-11-13-19(26)14-12-18/h3-14H,2,15-16H2,1H3,(H,28,30). The Morgan fingerprint density at radius 1 is 1.03 bits per heavy atom. The molecule has 0 saturated carbocycles.